The van der Waals surface area contributed by atoms with Gasteiger partial charge in [-0.25, -0.2) is 9.48 Å². The van der Waals surface area contributed by atoms with Crippen LogP contribution in [-0.4, -0.2) is 21.0 Å². The lowest BCUT2D eigenvalue weighted by atomic mass is 10.2. The van der Waals surface area contributed by atoms with Crippen molar-refractivity contribution in [1.82, 2.24) is 9.78 Å². The van der Waals surface area contributed by atoms with E-state index in [4.69, 9.17) is 5.11 Å². The number of alkyl halides is 1. The number of benzene rings is 2. The Morgan fingerprint density at radius 2 is 2.00 bits per heavy atom. The standard InChI is InChI=1S/C15H12BrN3O2/c16-9-10-6-7-12-13(8-10)18-19(14(12)17-15(20)21)11-4-2-1-3-5-11/h1-8,17H,9H2,(H,20,21). The molecule has 21 heavy (non-hydrogen) atoms. The normalized spacial score (nSPS) is 10.7. The molecular formula is C15H12BrN3O2. The number of anilines is 1. The molecule has 106 valence electrons. The molecule has 0 saturated heterocycles. The van der Waals surface area contributed by atoms with E-state index in [1.165, 1.54) is 0 Å². The van der Waals surface area contributed by atoms with E-state index in [1.54, 1.807) is 4.68 Å². The monoisotopic (exact) mass is 345 g/mol. The van der Waals surface area contributed by atoms with E-state index in [9.17, 15) is 4.79 Å². The number of carboxylic acid groups (broad SMARTS) is 1. The van der Waals surface area contributed by atoms with Gasteiger partial charge in [-0.15, -0.1) is 0 Å². The molecule has 5 nitrogen and oxygen atoms in total. The zero-order valence-electron chi connectivity index (χ0n) is 11.0. The van der Waals surface area contributed by atoms with E-state index < -0.39 is 6.09 Å². The van der Waals surface area contributed by atoms with Crippen molar-refractivity contribution in [3.63, 3.8) is 0 Å². The Kier molecular flexibility index (Phi) is 3.62. The van der Waals surface area contributed by atoms with Gasteiger partial charge in [0.05, 0.1) is 11.2 Å². The molecule has 2 N–H and O–H groups in total. The van der Waals surface area contributed by atoms with Crippen LogP contribution < -0.4 is 5.32 Å². The van der Waals surface area contributed by atoms with Gasteiger partial charge in [-0.1, -0.05) is 40.2 Å². The highest BCUT2D eigenvalue weighted by atomic mass is 79.9. The van der Waals surface area contributed by atoms with Crippen LogP contribution in [0.15, 0.2) is 48.5 Å². The molecule has 0 aliphatic heterocycles. The van der Waals surface area contributed by atoms with Crippen LogP contribution in [0.4, 0.5) is 10.6 Å². The van der Waals surface area contributed by atoms with E-state index >= 15 is 0 Å². The Morgan fingerprint density at radius 3 is 2.67 bits per heavy atom. The lowest BCUT2D eigenvalue weighted by Gasteiger charge is -2.06. The van der Waals surface area contributed by atoms with Crippen LogP contribution in [0.2, 0.25) is 0 Å². The van der Waals surface area contributed by atoms with Crippen molar-refractivity contribution in [2.75, 3.05) is 5.32 Å². The first-order valence-corrected chi connectivity index (χ1v) is 7.44. The number of amides is 1. The number of nitrogens with one attached hydrogen (secondary N) is 1. The lowest BCUT2D eigenvalue weighted by Crippen LogP contribution is -2.12. The van der Waals surface area contributed by atoms with E-state index in [2.05, 4.69) is 26.3 Å². The molecule has 3 rings (SSSR count). The average molecular weight is 346 g/mol. The highest BCUT2D eigenvalue weighted by molar-refractivity contribution is 9.08. The molecule has 0 aliphatic rings. The Hall–Kier alpha value is -2.34. The first-order chi connectivity index (χ1) is 10.2. The van der Waals surface area contributed by atoms with Gasteiger partial charge in [0.1, 0.15) is 5.82 Å². The molecule has 1 amide bonds. The van der Waals surface area contributed by atoms with E-state index in [0.29, 0.717) is 5.82 Å². The Labute approximate surface area is 129 Å². The minimum absolute atomic E-state index is 0.449. The predicted molar refractivity (Wildman–Crippen MR) is 85.3 cm³/mol. The van der Waals surface area contributed by atoms with Gasteiger partial charge >= 0.3 is 6.09 Å². The maximum atomic E-state index is 11.1. The number of hydrogen-bond donors (Lipinski definition) is 2. The topological polar surface area (TPSA) is 67.2 Å². The summed E-state index contributed by atoms with van der Waals surface area (Å²) < 4.78 is 1.61. The lowest BCUT2D eigenvalue weighted by molar-refractivity contribution is 0.209. The van der Waals surface area contributed by atoms with Crippen LogP contribution in [0.3, 0.4) is 0 Å². The largest absolute Gasteiger partial charge is 0.465 e. The van der Waals surface area contributed by atoms with Gasteiger partial charge in [-0.2, -0.15) is 5.10 Å². The Balaban J connectivity index is 2.24. The molecule has 0 radical (unpaired) electrons. The summed E-state index contributed by atoms with van der Waals surface area (Å²) in [6.45, 7) is 0. The molecule has 1 aromatic heterocycles. The van der Waals surface area contributed by atoms with E-state index in [-0.39, 0.29) is 0 Å². The minimum atomic E-state index is -1.11. The van der Waals surface area contributed by atoms with Gasteiger partial charge in [0.15, 0.2) is 0 Å². The fourth-order valence-electron chi connectivity index (χ4n) is 2.19. The molecule has 3 aromatic rings. The second kappa shape index (κ2) is 5.57. The molecule has 0 saturated carbocycles. The van der Waals surface area contributed by atoms with E-state index in [1.807, 2.05) is 48.5 Å². The number of fused-ring (bicyclic) bond motifs is 1. The molecule has 0 aliphatic carbocycles. The number of nitrogens with zero attached hydrogens (tertiary/aromatic N) is 2. The third-order valence-corrected chi connectivity index (χ3v) is 3.76. The summed E-state index contributed by atoms with van der Waals surface area (Å²) in [5.74, 6) is 0.449. The average Bonchev–Trinajstić information content (AvgIpc) is 2.85. The summed E-state index contributed by atoms with van der Waals surface area (Å²) in [6.07, 6.45) is -1.11. The Morgan fingerprint density at radius 1 is 1.24 bits per heavy atom. The third kappa shape index (κ3) is 2.62. The van der Waals surface area contributed by atoms with Gasteiger partial charge in [0.25, 0.3) is 0 Å². The van der Waals surface area contributed by atoms with Gasteiger partial charge in [0, 0.05) is 10.7 Å². The van der Waals surface area contributed by atoms with Crippen LogP contribution in [0.25, 0.3) is 16.6 Å². The summed E-state index contributed by atoms with van der Waals surface area (Å²) >= 11 is 3.41. The van der Waals surface area contributed by atoms with Crippen LogP contribution in [-0.2, 0) is 5.33 Å². The SMILES string of the molecule is O=C(O)Nc1c2ccc(CBr)cc2nn1-c1ccccc1. The highest BCUT2D eigenvalue weighted by Gasteiger charge is 2.14. The van der Waals surface area contributed by atoms with Crippen LogP contribution in [0.5, 0.6) is 0 Å². The molecule has 0 unspecified atom stereocenters. The van der Waals surface area contributed by atoms with Gasteiger partial charge in [-0.3, -0.25) is 5.32 Å². The predicted octanol–water partition coefficient (Wildman–Crippen LogP) is 4.01. The quantitative estimate of drug-likeness (QED) is 0.704. The number of aromatic nitrogens is 2. The summed E-state index contributed by atoms with van der Waals surface area (Å²) in [5, 5.41) is 17.5. The summed E-state index contributed by atoms with van der Waals surface area (Å²) in [4.78, 5) is 11.1. The fourth-order valence-corrected chi connectivity index (χ4v) is 2.54. The van der Waals surface area contributed by atoms with Crippen LogP contribution in [0.1, 0.15) is 5.56 Å². The number of halogens is 1. The first kappa shape index (κ1) is 13.6. The zero-order valence-corrected chi connectivity index (χ0v) is 12.5. The Bertz CT molecular complexity index is 799. The molecule has 0 atom stereocenters. The maximum Gasteiger partial charge on any atom is 0.410 e. The third-order valence-electron chi connectivity index (χ3n) is 3.12. The van der Waals surface area contributed by atoms with Crippen molar-refractivity contribution in [2.45, 2.75) is 5.33 Å². The fraction of sp³-hybridized carbons (Fsp3) is 0.0667. The highest BCUT2D eigenvalue weighted by Crippen LogP contribution is 2.27. The van der Waals surface area contributed by atoms with Crippen molar-refractivity contribution in [3.05, 3.63) is 54.1 Å². The first-order valence-electron chi connectivity index (χ1n) is 6.32. The molecule has 0 spiro atoms. The van der Waals surface area contributed by atoms with Crippen molar-refractivity contribution in [1.29, 1.82) is 0 Å². The number of carbonyl (C=O) groups is 1. The van der Waals surface area contributed by atoms with Crippen molar-refractivity contribution >= 4 is 38.7 Å². The maximum absolute atomic E-state index is 11.1. The molecule has 2 aromatic carbocycles. The zero-order chi connectivity index (χ0) is 14.8. The molecular weight excluding hydrogens is 334 g/mol. The van der Waals surface area contributed by atoms with Crippen molar-refractivity contribution < 1.29 is 9.90 Å². The van der Waals surface area contributed by atoms with Crippen molar-refractivity contribution in [3.8, 4) is 5.69 Å². The van der Waals surface area contributed by atoms with Gasteiger partial charge in [0.2, 0.25) is 0 Å². The van der Waals surface area contributed by atoms with Gasteiger partial charge in [-0.05, 0) is 29.8 Å². The molecule has 0 fully saturated rings. The second-order valence-electron chi connectivity index (χ2n) is 4.51. The van der Waals surface area contributed by atoms with Crippen molar-refractivity contribution in [2.24, 2.45) is 0 Å². The van der Waals surface area contributed by atoms with Crippen LogP contribution >= 0.6 is 15.9 Å². The molecule has 0 bridgehead atoms. The van der Waals surface area contributed by atoms with E-state index in [0.717, 1.165) is 27.5 Å². The van der Waals surface area contributed by atoms with Gasteiger partial charge < -0.3 is 5.11 Å². The summed E-state index contributed by atoms with van der Waals surface area (Å²) in [5.41, 5.74) is 2.64. The second-order valence-corrected chi connectivity index (χ2v) is 5.07. The summed E-state index contributed by atoms with van der Waals surface area (Å²) in [6, 6.07) is 15.2. The number of hydrogen-bond acceptors (Lipinski definition) is 2. The smallest absolute Gasteiger partial charge is 0.410 e. The van der Waals surface area contributed by atoms with Crippen LogP contribution in [0, 0.1) is 0 Å². The number of para-hydroxylation sites is 1. The minimum Gasteiger partial charge on any atom is -0.465 e. The summed E-state index contributed by atoms with van der Waals surface area (Å²) in [7, 11) is 0. The molecule has 6 heteroatoms. The number of rotatable bonds is 3. The molecule has 1 heterocycles.